The van der Waals surface area contributed by atoms with Crippen LogP contribution in [0.2, 0.25) is 0 Å². The fourth-order valence-corrected chi connectivity index (χ4v) is 0.995. The van der Waals surface area contributed by atoms with Gasteiger partial charge in [0, 0.05) is 11.7 Å². The van der Waals surface area contributed by atoms with Crippen LogP contribution >= 0.6 is 0 Å². The topological polar surface area (TPSA) is 46.3 Å². The van der Waals surface area contributed by atoms with Crippen molar-refractivity contribution in [1.29, 1.82) is 0 Å². The number of nitrogens with one attached hydrogen (secondary N) is 1. The van der Waals surface area contributed by atoms with Crippen LogP contribution in [0.25, 0.3) is 10.9 Å². The molecule has 0 aliphatic heterocycles. The van der Waals surface area contributed by atoms with Crippen LogP contribution in [-0.2, 0) is 0 Å². The van der Waals surface area contributed by atoms with E-state index in [0.29, 0.717) is 0 Å². The number of para-hydroxylation sites is 1. The summed E-state index contributed by atoms with van der Waals surface area (Å²) in [5.41, 5.74) is 1.21. The minimum atomic E-state index is 0. The molecule has 1 aromatic carbocycles. The van der Waals surface area contributed by atoms with Gasteiger partial charge in [-0.25, -0.2) is 0 Å². The third-order valence-corrected chi connectivity index (χ3v) is 1.46. The summed E-state index contributed by atoms with van der Waals surface area (Å²) in [5, 5.41) is 1.28. The highest BCUT2D eigenvalue weighted by Gasteiger charge is 3.00. The summed E-state index contributed by atoms with van der Waals surface area (Å²) in [5.74, 6) is 0. The predicted molar refractivity (Wildman–Crippen MR) is 40.4 cm³/mol. The quantitative estimate of drug-likeness (QED) is 0.565. The molecule has 0 saturated heterocycles. The van der Waals surface area contributed by atoms with E-state index in [1.165, 1.54) is 10.9 Å². The Morgan fingerprint density at radius 3 is 2.60 bits per heavy atom. The van der Waals surface area contributed by atoms with Gasteiger partial charge < -0.3 is 4.98 Å². The number of nitrogens with zero attached hydrogens (tertiary/aromatic N) is 1. The van der Waals surface area contributed by atoms with Crippen molar-refractivity contribution in [1.82, 2.24) is 11.1 Å². The summed E-state index contributed by atoms with van der Waals surface area (Å²) >= 11 is 0. The van der Waals surface area contributed by atoms with Crippen molar-refractivity contribution < 1.29 is 0 Å². The molecular weight excluding hydrogens is 124 g/mol. The van der Waals surface area contributed by atoms with Gasteiger partial charge in [-0.2, -0.15) is 0 Å². The number of fused-ring (bicyclic) bond motifs is 1. The molecule has 1 N–H and O–H groups in total. The molecule has 10 heavy (non-hydrogen) atoms. The SMILES string of the molecule is [N+3].c1ccc2[nH]ccc2c1. The molecular formula is C8H7N2+3. The van der Waals surface area contributed by atoms with Crippen molar-refractivity contribution in [3.8, 4) is 0 Å². The molecule has 2 nitrogen and oxygen atoms in total. The Kier molecular flexibility index (Phi) is 1.57. The van der Waals surface area contributed by atoms with Gasteiger partial charge in [0.05, 0.1) is 0 Å². The van der Waals surface area contributed by atoms with E-state index in [1.807, 2.05) is 18.3 Å². The predicted octanol–water partition coefficient (Wildman–Crippen LogP) is 1.69. The second kappa shape index (κ2) is 2.38. The number of benzene rings is 1. The molecule has 0 spiro atoms. The minimum absolute atomic E-state index is 0. The molecule has 0 aliphatic carbocycles. The molecule has 0 saturated carbocycles. The van der Waals surface area contributed by atoms with E-state index < -0.39 is 0 Å². The summed E-state index contributed by atoms with van der Waals surface area (Å²) in [6.45, 7) is 0. The third-order valence-electron chi connectivity index (χ3n) is 1.46. The Balaban J connectivity index is 0.000000500. The molecule has 46 valence electrons. The first-order valence-electron chi connectivity index (χ1n) is 2.99. The van der Waals surface area contributed by atoms with Gasteiger partial charge in [-0.3, -0.25) is 0 Å². The highest BCUT2D eigenvalue weighted by molar-refractivity contribution is 5.78. The Labute approximate surface area is 59.5 Å². The third kappa shape index (κ3) is 0.809. The van der Waals surface area contributed by atoms with Gasteiger partial charge >= 0.3 is 6.15 Å². The van der Waals surface area contributed by atoms with Crippen LogP contribution in [0.4, 0.5) is 0 Å². The zero-order valence-electron chi connectivity index (χ0n) is 5.41. The molecule has 2 rings (SSSR count). The van der Waals surface area contributed by atoms with Gasteiger partial charge in [0.15, 0.2) is 0 Å². The largest absolute Gasteiger partial charge is 3.00 e. The summed E-state index contributed by atoms with van der Waals surface area (Å²) < 4.78 is 0. The van der Waals surface area contributed by atoms with E-state index in [1.54, 1.807) is 0 Å². The van der Waals surface area contributed by atoms with Gasteiger partial charge in [-0.1, -0.05) is 18.2 Å². The summed E-state index contributed by atoms with van der Waals surface area (Å²) in [4.78, 5) is 3.12. The lowest BCUT2D eigenvalue weighted by atomic mass is 10.3. The molecule has 2 heteroatoms. The molecule has 0 fully saturated rings. The maximum absolute atomic E-state index is 3.12. The minimum Gasteiger partial charge on any atom is -0.361 e. The lowest BCUT2D eigenvalue weighted by Gasteiger charge is -1.83. The standard InChI is InChI=1S/C8H7N.N/c1-2-4-8-7(3-1)5-6-9-8;/h1-6,9H;/q;+3. The molecule has 0 bridgehead atoms. The number of H-pyrrole nitrogens is 1. The van der Waals surface area contributed by atoms with Crippen LogP contribution in [0, 0.1) is 0 Å². The maximum Gasteiger partial charge on any atom is 3.00 e. The molecule has 1 aromatic heterocycles. The van der Waals surface area contributed by atoms with Crippen LogP contribution in [0.1, 0.15) is 0 Å². The molecule has 0 amide bonds. The van der Waals surface area contributed by atoms with Crippen molar-refractivity contribution in [2.24, 2.45) is 0 Å². The van der Waals surface area contributed by atoms with E-state index >= 15 is 0 Å². The first-order valence-corrected chi connectivity index (χ1v) is 2.99. The van der Waals surface area contributed by atoms with E-state index in [2.05, 4.69) is 23.2 Å². The highest BCUT2D eigenvalue weighted by atomic mass is 14.6. The average Bonchev–Trinajstić information content (AvgIpc) is 2.33. The first-order chi connectivity index (χ1) is 4.47. The first kappa shape index (κ1) is 6.59. The molecule has 2 aromatic rings. The van der Waals surface area contributed by atoms with Gasteiger partial charge in [-0.15, -0.1) is 0 Å². The Morgan fingerprint density at radius 2 is 1.80 bits per heavy atom. The summed E-state index contributed by atoms with van der Waals surface area (Å²) in [6.07, 6.45) is 1.95. The molecule has 2 radical (unpaired) electrons. The summed E-state index contributed by atoms with van der Waals surface area (Å²) in [7, 11) is 0. The monoisotopic (exact) mass is 131 g/mol. The Hall–Kier alpha value is -1.53. The van der Waals surface area contributed by atoms with Gasteiger partial charge in [-0.05, 0) is 17.5 Å². The van der Waals surface area contributed by atoms with Gasteiger partial charge in [0.25, 0.3) is 0 Å². The summed E-state index contributed by atoms with van der Waals surface area (Å²) in [6, 6.07) is 10.3. The highest BCUT2D eigenvalue weighted by Crippen LogP contribution is 2.09. The molecule has 0 aliphatic rings. The number of aromatic amines is 1. The lowest BCUT2D eigenvalue weighted by molar-refractivity contribution is 1.48. The number of rotatable bonds is 0. The van der Waals surface area contributed by atoms with Crippen LogP contribution in [0.3, 0.4) is 0 Å². The smallest absolute Gasteiger partial charge is 0.361 e. The van der Waals surface area contributed by atoms with Crippen molar-refractivity contribution in [3.63, 3.8) is 0 Å². The van der Waals surface area contributed by atoms with Crippen molar-refractivity contribution in [2.45, 2.75) is 0 Å². The zero-order valence-corrected chi connectivity index (χ0v) is 5.41. The maximum atomic E-state index is 3.12. The van der Waals surface area contributed by atoms with E-state index in [9.17, 15) is 0 Å². The van der Waals surface area contributed by atoms with E-state index in [4.69, 9.17) is 0 Å². The second-order valence-corrected chi connectivity index (χ2v) is 2.06. The fraction of sp³-hybridized carbons (Fsp3) is 0. The number of hydrogen-bond acceptors (Lipinski definition) is 0. The van der Waals surface area contributed by atoms with Crippen LogP contribution < -0.4 is 6.15 Å². The molecule has 0 atom stereocenters. The number of aromatic nitrogens is 1. The Bertz CT molecular complexity index is 281. The van der Waals surface area contributed by atoms with Crippen molar-refractivity contribution in [3.05, 3.63) is 36.5 Å². The normalized spacial score (nSPS) is 9.20. The van der Waals surface area contributed by atoms with Gasteiger partial charge in [0.2, 0.25) is 0 Å². The lowest BCUT2D eigenvalue weighted by Crippen LogP contribution is -1.61. The van der Waals surface area contributed by atoms with Crippen LogP contribution in [-0.4, -0.2) is 4.98 Å². The average molecular weight is 131 g/mol. The number of hydrogen-bond donors (Lipinski definition) is 1. The van der Waals surface area contributed by atoms with Crippen molar-refractivity contribution >= 4 is 10.9 Å². The Morgan fingerprint density at radius 1 is 1.00 bits per heavy atom. The second-order valence-electron chi connectivity index (χ2n) is 2.06. The van der Waals surface area contributed by atoms with Gasteiger partial charge in [0.1, 0.15) is 0 Å². The molecule has 0 unspecified atom stereocenters. The van der Waals surface area contributed by atoms with E-state index in [0.717, 1.165) is 0 Å². The zero-order chi connectivity index (χ0) is 6.10. The van der Waals surface area contributed by atoms with Crippen LogP contribution in [0.15, 0.2) is 36.5 Å². The fourth-order valence-electron chi connectivity index (χ4n) is 0.995. The van der Waals surface area contributed by atoms with E-state index in [-0.39, 0.29) is 6.15 Å². The molecule has 1 heterocycles. The van der Waals surface area contributed by atoms with Crippen molar-refractivity contribution in [2.75, 3.05) is 0 Å². The van der Waals surface area contributed by atoms with Crippen LogP contribution in [0.5, 0.6) is 0 Å².